The van der Waals surface area contributed by atoms with Gasteiger partial charge in [-0.25, -0.2) is 0 Å². The van der Waals surface area contributed by atoms with Gasteiger partial charge in [-0.15, -0.1) is 0 Å². The van der Waals surface area contributed by atoms with Crippen LogP contribution in [0.5, 0.6) is 0 Å². The zero-order valence-corrected chi connectivity index (χ0v) is 8.54. The molecule has 0 heterocycles. The Hall–Kier alpha value is -0.860. The van der Waals surface area contributed by atoms with Gasteiger partial charge in [0.25, 0.3) is 0 Å². The highest BCUT2D eigenvalue weighted by Gasteiger charge is 2.20. The quantitative estimate of drug-likeness (QED) is 0.646. The minimum Gasteiger partial charge on any atom is -0.481 e. The minimum absolute atomic E-state index is 0.159. The van der Waals surface area contributed by atoms with E-state index >= 15 is 0 Å². The molecule has 0 saturated heterocycles. The molecule has 0 rings (SSSR count). The van der Waals surface area contributed by atoms with E-state index in [0.717, 1.165) is 12.8 Å². The normalized spacial score (nSPS) is 15.0. The number of rotatable bonds is 6. The van der Waals surface area contributed by atoms with Crippen LogP contribution in [0.2, 0.25) is 0 Å². The number of carbonyl (C=O) groups excluding carboxylic acids is 1. The number of ketones is 1. The van der Waals surface area contributed by atoms with Crippen molar-refractivity contribution in [1.29, 1.82) is 0 Å². The third-order valence-electron chi connectivity index (χ3n) is 2.43. The van der Waals surface area contributed by atoms with Gasteiger partial charge in [0.05, 0.1) is 0 Å². The third kappa shape index (κ3) is 4.65. The summed E-state index contributed by atoms with van der Waals surface area (Å²) in [5.74, 6) is -1.52. The smallest absolute Gasteiger partial charge is 0.313 e. The first-order valence-corrected chi connectivity index (χ1v) is 4.74. The van der Waals surface area contributed by atoms with Crippen LogP contribution in [0.1, 0.15) is 40.0 Å². The summed E-state index contributed by atoms with van der Waals surface area (Å²) >= 11 is 0. The Morgan fingerprint density at radius 2 is 1.85 bits per heavy atom. The molecule has 0 aliphatic carbocycles. The summed E-state index contributed by atoms with van der Waals surface area (Å²) in [5, 5.41) is 8.55. The molecule has 0 aromatic heterocycles. The van der Waals surface area contributed by atoms with Crippen molar-refractivity contribution in [2.24, 2.45) is 11.8 Å². The molecule has 0 aromatic rings. The highest BCUT2D eigenvalue weighted by atomic mass is 16.4. The van der Waals surface area contributed by atoms with Gasteiger partial charge in [-0.2, -0.15) is 0 Å². The first-order chi connectivity index (χ1) is 5.99. The van der Waals surface area contributed by atoms with Crippen LogP contribution >= 0.6 is 0 Å². The van der Waals surface area contributed by atoms with Gasteiger partial charge in [0, 0.05) is 6.42 Å². The van der Waals surface area contributed by atoms with Crippen LogP contribution < -0.4 is 0 Å². The van der Waals surface area contributed by atoms with E-state index in [1.54, 1.807) is 0 Å². The number of aliphatic carboxylic acids is 1. The minimum atomic E-state index is -1.02. The van der Waals surface area contributed by atoms with E-state index in [2.05, 4.69) is 13.8 Å². The maximum absolute atomic E-state index is 11.2. The summed E-state index contributed by atoms with van der Waals surface area (Å²) in [4.78, 5) is 21.7. The molecule has 0 saturated carbocycles. The highest BCUT2D eigenvalue weighted by Crippen LogP contribution is 2.12. The Morgan fingerprint density at radius 1 is 1.31 bits per heavy atom. The molecule has 3 heteroatoms. The molecule has 0 fully saturated rings. The predicted molar refractivity (Wildman–Crippen MR) is 50.5 cm³/mol. The summed E-state index contributed by atoms with van der Waals surface area (Å²) in [7, 11) is 0. The van der Waals surface area contributed by atoms with Crippen LogP contribution in [0, 0.1) is 11.8 Å². The number of hydrogen-bond acceptors (Lipinski definition) is 2. The van der Waals surface area contributed by atoms with Gasteiger partial charge in [0.15, 0.2) is 0 Å². The Bertz CT molecular complexity index is 187. The van der Waals surface area contributed by atoms with Crippen molar-refractivity contribution in [3.8, 4) is 0 Å². The van der Waals surface area contributed by atoms with E-state index in [1.807, 2.05) is 0 Å². The Morgan fingerprint density at radius 3 is 2.23 bits per heavy atom. The number of carboxylic acid groups (broad SMARTS) is 1. The highest BCUT2D eigenvalue weighted by molar-refractivity contribution is 5.97. The zero-order valence-electron chi connectivity index (χ0n) is 8.54. The maximum atomic E-state index is 11.2. The fourth-order valence-corrected chi connectivity index (χ4v) is 0.947. The van der Waals surface area contributed by atoms with Crippen molar-refractivity contribution in [2.75, 3.05) is 0 Å². The fraction of sp³-hybridized carbons (Fsp3) is 0.800. The summed E-state index contributed by atoms with van der Waals surface area (Å²) in [6.45, 7) is 5.58. The Balaban J connectivity index is 3.81. The van der Waals surface area contributed by atoms with Crippen molar-refractivity contribution in [3.05, 3.63) is 0 Å². The molecule has 0 spiro atoms. The summed E-state index contributed by atoms with van der Waals surface area (Å²) in [6, 6.07) is 0. The molecule has 0 aliphatic rings. The molecule has 0 aliphatic heterocycles. The van der Waals surface area contributed by atoms with E-state index in [4.69, 9.17) is 5.11 Å². The Labute approximate surface area is 79.1 Å². The fourth-order valence-electron chi connectivity index (χ4n) is 0.947. The second-order valence-electron chi connectivity index (χ2n) is 3.58. The van der Waals surface area contributed by atoms with E-state index < -0.39 is 11.9 Å². The predicted octanol–water partition coefficient (Wildman–Crippen LogP) is 2.10. The van der Waals surface area contributed by atoms with Crippen LogP contribution in [0.3, 0.4) is 0 Å². The van der Waals surface area contributed by atoms with Gasteiger partial charge in [-0.05, 0) is 19.3 Å². The lowest BCUT2D eigenvalue weighted by molar-refractivity contribution is -0.145. The van der Waals surface area contributed by atoms with Gasteiger partial charge >= 0.3 is 5.97 Å². The van der Waals surface area contributed by atoms with Gasteiger partial charge in [0.2, 0.25) is 0 Å². The van der Waals surface area contributed by atoms with E-state index in [1.165, 1.54) is 6.92 Å². The molecular formula is C10H18O3. The molecule has 0 unspecified atom stereocenters. The third-order valence-corrected chi connectivity index (χ3v) is 2.43. The van der Waals surface area contributed by atoms with Crippen LogP contribution in [-0.4, -0.2) is 16.9 Å². The second-order valence-corrected chi connectivity index (χ2v) is 3.58. The van der Waals surface area contributed by atoms with Gasteiger partial charge in [0.1, 0.15) is 11.7 Å². The lowest BCUT2D eigenvalue weighted by atomic mass is 9.96. The summed E-state index contributed by atoms with van der Waals surface area (Å²) < 4.78 is 0. The monoisotopic (exact) mass is 186 g/mol. The SMILES string of the molecule is CC[C@H](C)CCC(=O)[C@H](C)C(=O)O. The number of carboxylic acids is 1. The van der Waals surface area contributed by atoms with Crippen molar-refractivity contribution in [2.45, 2.75) is 40.0 Å². The van der Waals surface area contributed by atoms with Crippen LogP contribution in [0.4, 0.5) is 0 Å². The standard InChI is InChI=1S/C10H18O3/c1-4-7(2)5-6-9(11)8(3)10(12)13/h7-8H,4-6H2,1-3H3,(H,12,13)/t7-,8-/m0/s1. The lowest BCUT2D eigenvalue weighted by Crippen LogP contribution is -2.20. The molecule has 0 aromatic carbocycles. The van der Waals surface area contributed by atoms with Gasteiger partial charge in [-0.1, -0.05) is 20.3 Å². The van der Waals surface area contributed by atoms with Crippen LogP contribution in [-0.2, 0) is 9.59 Å². The molecule has 0 amide bonds. The molecule has 2 atom stereocenters. The first-order valence-electron chi connectivity index (χ1n) is 4.74. The number of carbonyl (C=O) groups is 2. The largest absolute Gasteiger partial charge is 0.481 e. The zero-order chi connectivity index (χ0) is 10.4. The lowest BCUT2D eigenvalue weighted by Gasteiger charge is -2.08. The summed E-state index contributed by atoms with van der Waals surface area (Å²) in [6.07, 6.45) is 2.23. The van der Waals surface area contributed by atoms with Crippen molar-refractivity contribution < 1.29 is 14.7 Å². The van der Waals surface area contributed by atoms with E-state index in [-0.39, 0.29) is 5.78 Å². The van der Waals surface area contributed by atoms with Crippen molar-refractivity contribution in [3.63, 3.8) is 0 Å². The second kappa shape index (κ2) is 5.73. The van der Waals surface area contributed by atoms with Crippen molar-refractivity contribution >= 4 is 11.8 Å². The average molecular weight is 186 g/mol. The number of Topliss-reactive ketones (excluding diaryl/α,β-unsaturated/α-hetero) is 1. The van der Waals surface area contributed by atoms with Gasteiger partial charge < -0.3 is 5.11 Å². The van der Waals surface area contributed by atoms with Crippen LogP contribution in [0.15, 0.2) is 0 Å². The molecule has 1 N–H and O–H groups in total. The molecule has 0 bridgehead atoms. The van der Waals surface area contributed by atoms with Gasteiger partial charge in [-0.3, -0.25) is 9.59 Å². The molecule has 0 radical (unpaired) electrons. The van der Waals surface area contributed by atoms with E-state index in [0.29, 0.717) is 12.3 Å². The molecule has 13 heavy (non-hydrogen) atoms. The molecule has 76 valence electrons. The first kappa shape index (κ1) is 12.1. The number of hydrogen-bond donors (Lipinski definition) is 1. The topological polar surface area (TPSA) is 54.4 Å². The maximum Gasteiger partial charge on any atom is 0.313 e. The molecular weight excluding hydrogens is 168 g/mol. The molecule has 3 nitrogen and oxygen atoms in total. The van der Waals surface area contributed by atoms with Crippen LogP contribution in [0.25, 0.3) is 0 Å². The summed E-state index contributed by atoms with van der Waals surface area (Å²) in [5.41, 5.74) is 0. The van der Waals surface area contributed by atoms with E-state index in [9.17, 15) is 9.59 Å². The average Bonchev–Trinajstić information content (AvgIpc) is 2.11. The Kier molecular flexibility index (Phi) is 5.35. The van der Waals surface area contributed by atoms with Crippen molar-refractivity contribution in [1.82, 2.24) is 0 Å².